The Kier molecular flexibility index (Phi) is 3.22. The first kappa shape index (κ1) is 12.3. The second-order valence-electron chi connectivity index (χ2n) is 5.35. The maximum atomic E-state index is 9.83. The van der Waals surface area contributed by atoms with E-state index in [-0.39, 0.29) is 12.7 Å². The minimum absolute atomic E-state index is 0.0327. The molecule has 2 bridgehead atoms. The molecule has 0 saturated carbocycles. The molecule has 2 aliphatic rings. The fourth-order valence-corrected chi connectivity index (χ4v) is 3.62. The van der Waals surface area contributed by atoms with Crippen molar-refractivity contribution in [2.24, 2.45) is 0 Å². The van der Waals surface area contributed by atoms with Gasteiger partial charge in [0, 0.05) is 28.4 Å². The van der Waals surface area contributed by atoms with Crippen LogP contribution in [0, 0.1) is 0 Å². The third-order valence-electron chi connectivity index (χ3n) is 4.20. The Hall–Kier alpha value is -0.770. The van der Waals surface area contributed by atoms with E-state index in [1.165, 1.54) is 0 Å². The highest BCUT2D eigenvalue weighted by Gasteiger charge is 2.40. The fourth-order valence-electron chi connectivity index (χ4n) is 3.45. The average molecular weight is 268 g/mol. The van der Waals surface area contributed by atoms with E-state index in [1.54, 1.807) is 0 Å². The molecule has 98 valence electrons. The van der Waals surface area contributed by atoms with Crippen molar-refractivity contribution >= 4 is 17.3 Å². The summed E-state index contributed by atoms with van der Waals surface area (Å²) in [5, 5.41) is 20.0. The van der Waals surface area contributed by atoms with Crippen LogP contribution in [-0.2, 0) is 6.61 Å². The topological polar surface area (TPSA) is 43.7 Å². The highest BCUT2D eigenvalue weighted by atomic mass is 35.5. The molecule has 2 atom stereocenters. The molecular weight excluding hydrogens is 250 g/mol. The fraction of sp³-hybridized carbons (Fsp3) is 0.571. The molecule has 0 amide bonds. The first-order chi connectivity index (χ1) is 8.69. The van der Waals surface area contributed by atoms with Gasteiger partial charge in [0.05, 0.1) is 12.7 Å². The molecule has 1 aromatic rings. The lowest BCUT2D eigenvalue weighted by molar-refractivity contribution is 0.126. The summed E-state index contributed by atoms with van der Waals surface area (Å²) in [7, 11) is 0. The number of rotatable bonds is 2. The Morgan fingerprint density at radius 2 is 1.89 bits per heavy atom. The number of fused-ring (bicyclic) bond motifs is 2. The molecule has 0 radical (unpaired) electrons. The molecule has 3 nitrogen and oxygen atoms in total. The van der Waals surface area contributed by atoms with Crippen LogP contribution in [0.3, 0.4) is 0 Å². The lowest BCUT2D eigenvalue weighted by atomic mass is 9.98. The summed E-state index contributed by atoms with van der Waals surface area (Å²) < 4.78 is 0. The van der Waals surface area contributed by atoms with Gasteiger partial charge in [-0.1, -0.05) is 17.7 Å². The van der Waals surface area contributed by atoms with Crippen LogP contribution >= 0.6 is 11.6 Å². The minimum Gasteiger partial charge on any atom is -0.393 e. The van der Waals surface area contributed by atoms with Crippen LogP contribution in [0.1, 0.15) is 31.2 Å². The quantitative estimate of drug-likeness (QED) is 0.864. The molecule has 2 unspecified atom stereocenters. The van der Waals surface area contributed by atoms with Crippen molar-refractivity contribution in [3.63, 3.8) is 0 Å². The number of benzene rings is 1. The van der Waals surface area contributed by atoms with Gasteiger partial charge in [-0.05, 0) is 37.8 Å². The van der Waals surface area contributed by atoms with E-state index in [9.17, 15) is 10.2 Å². The molecule has 2 N–H and O–H groups in total. The normalized spacial score (nSPS) is 30.8. The van der Waals surface area contributed by atoms with Gasteiger partial charge in [0.2, 0.25) is 0 Å². The van der Waals surface area contributed by atoms with Gasteiger partial charge in [-0.15, -0.1) is 0 Å². The van der Waals surface area contributed by atoms with Crippen molar-refractivity contribution in [3.8, 4) is 0 Å². The molecule has 18 heavy (non-hydrogen) atoms. The van der Waals surface area contributed by atoms with Crippen molar-refractivity contribution in [3.05, 3.63) is 28.8 Å². The monoisotopic (exact) mass is 267 g/mol. The van der Waals surface area contributed by atoms with Gasteiger partial charge >= 0.3 is 0 Å². The van der Waals surface area contributed by atoms with Crippen LogP contribution in [0.4, 0.5) is 5.69 Å². The molecule has 2 saturated heterocycles. The third-order valence-corrected chi connectivity index (χ3v) is 4.44. The van der Waals surface area contributed by atoms with Gasteiger partial charge in [0.15, 0.2) is 0 Å². The smallest absolute Gasteiger partial charge is 0.0702 e. The Morgan fingerprint density at radius 3 is 2.50 bits per heavy atom. The Balaban J connectivity index is 1.98. The SMILES string of the molecule is OCc1ccc(Cl)cc1N1C2CCC1CC(O)C2. The summed E-state index contributed by atoms with van der Waals surface area (Å²) in [6.07, 6.45) is 3.73. The van der Waals surface area contributed by atoms with Gasteiger partial charge in [-0.2, -0.15) is 0 Å². The number of piperidine rings is 1. The van der Waals surface area contributed by atoms with Gasteiger partial charge < -0.3 is 15.1 Å². The predicted molar refractivity (Wildman–Crippen MR) is 71.9 cm³/mol. The van der Waals surface area contributed by atoms with E-state index in [2.05, 4.69) is 4.90 Å². The van der Waals surface area contributed by atoms with Crippen LogP contribution in [0.2, 0.25) is 5.02 Å². The average Bonchev–Trinajstić information content (AvgIpc) is 2.61. The zero-order chi connectivity index (χ0) is 12.7. The van der Waals surface area contributed by atoms with E-state index in [1.807, 2.05) is 18.2 Å². The van der Waals surface area contributed by atoms with Gasteiger partial charge in [-0.3, -0.25) is 0 Å². The van der Waals surface area contributed by atoms with E-state index in [4.69, 9.17) is 11.6 Å². The first-order valence-corrected chi connectivity index (χ1v) is 6.92. The Morgan fingerprint density at radius 1 is 1.22 bits per heavy atom. The number of hydrogen-bond acceptors (Lipinski definition) is 3. The zero-order valence-electron chi connectivity index (χ0n) is 10.2. The van der Waals surface area contributed by atoms with Crippen LogP contribution in [0.25, 0.3) is 0 Å². The number of anilines is 1. The highest BCUT2D eigenvalue weighted by molar-refractivity contribution is 6.30. The number of aliphatic hydroxyl groups excluding tert-OH is 2. The Bertz CT molecular complexity index is 437. The van der Waals surface area contributed by atoms with Crippen molar-refractivity contribution in [2.75, 3.05) is 4.90 Å². The van der Waals surface area contributed by atoms with E-state index in [0.717, 1.165) is 36.9 Å². The maximum Gasteiger partial charge on any atom is 0.0702 e. The second kappa shape index (κ2) is 4.72. The maximum absolute atomic E-state index is 9.83. The summed E-state index contributed by atoms with van der Waals surface area (Å²) in [5.74, 6) is 0. The first-order valence-electron chi connectivity index (χ1n) is 6.54. The van der Waals surface area contributed by atoms with Crippen LogP contribution in [-0.4, -0.2) is 28.4 Å². The molecule has 4 heteroatoms. The number of nitrogens with zero attached hydrogens (tertiary/aromatic N) is 1. The van der Waals surface area contributed by atoms with Crippen molar-refractivity contribution in [1.29, 1.82) is 0 Å². The summed E-state index contributed by atoms with van der Waals surface area (Å²) in [4.78, 5) is 2.37. The minimum atomic E-state index is -0.171. The summed E-state index contributed by atoms with van der Waals surface area (Å²) in [6, 6.07) is 6.43. The van der Waals surface area contributed by atoms with Gasteiger partial charge in [0.25, 0.3) is 0 Å². The van der Waals surface area contributed by atoms with Crippen molar-refractivity contribution in [2.45, 2.75) is 50.5 Å². The number of hydrogen-bond donors (Lipinski definition) is 2. The lowest BCUT2D eigenvalue weighted by Crippen LogP contribution is -2.45. The third kappa shape index (κ3) is 2.00. The summed E-state index contributed by atoms with van der Waals surface area (Å²) in [5.41, 5.74) is 1.97. The molecule has 3 rings (SSSR count). The molecule has 0 spiro atoms. The summed E-state index contributed by atoms with van der Waals surface area (Å²) in [6.45, 7) is 0.0327. The van der Waals surface area contributed by atoms with Crippen molar-refractivity contribution in [1.82, 2.24) is 0 Å². The molecule has 2 aliphatic heterocycles. The molecule has 0 aliphatic carbocycles. The van der Waals surface area contributed by atoms with E-state index < -0.39 is 0 Å². The predicted octanol–water partition coefficient (Wildman–Crippen LogP) is 2.32. The standard InChI is InChI=1S/C14H18ClNO2/c15-10-2-1-9(8-17)14(5-10)16-11-3-4-12(16)7-13(18)6-11/h1-2,5,11-13,17-18H,3-4,6-8H2. The number of halogens is 1. The number of aliphatic hydroxyl groups is 2. The summed E-state index contributed by atoms with van der Waals surface area (Å²) >= 11 is 6.08. The molecule has 1 aromatic carbocycles. The molecule has 2 heterocycles. The lowest BCUT2D eigenvalue weighted by Gasteiger charge is -2.40. The van der Waals surface area contributed by atoms with Gasteiger partial charge in [-0.25, -0.2) is 0 Å². The Labute approximate surface area is 112 Å². The largest absolute Gasteiger partial charge is 0.393 e. The van der Waals surface area contributed by atoms with Gasteiger partial charge in [0.1, 0.15) is 0 Å². The van der Waals surface area contributed by atoms with Crippen molar-refractivity contribution < 1.29 is 10.2 Å². The van der Waals surface area contributed by atoms with Crippen LogP contribution in [0.5, 0.6) is 0 Å². The van der Waals surface area contributed by atoms with E-state index in [0.29, 0.717) is 17.1 Å². The molecule has 2 fully saturated rings. The zero-order valence-corrected chi connectivity index (χ0v) is 11.0. The van der Waals surface area contributed by atoms with Crippen LogP contribution < -0.4 is 4.90 Å². The highest BCUT2D eigenvalue weighted by Crippen LogP contribution is 2.41. The second-order valence-corrected chi connectivity index (χ2v) is 5.79. The molecule has 0 aromatic heterocycles. The van der Waals surface area contributed by atoms with E-state index >= 15 is 0 Å². The molecular formula is C14H18ClNO2. The van der Waals surface area contributed by atoms with Crippen LogP contribution in [0.15, 0.2) is 18.2 Å².